The molecule has 1 amide bonds. The van der Waals surface area contributed by atoms with E-state index in [0.29, 0.717) is 41.5 Å². The van der Waals surface area contributed by atoms with Gasteiger partial charge >= 0.3 is 11.9 Å². The van der Waals surface area contributed by atoms with Crippen LogP contribution in [0.4, 0.5) is 0 Å². The lowest BCUT2D eigenvalue weighted by Gasteiger charge is -2.30. The average Bonchev–Trinajstić information content (AvgIpc) is 2.62. The Kier molecular flexibility index (Phi) is 7.45. The number of aromatic hydroxyl groups is 1. The van der Waals surface area contributed by atoms with Gasteiger partial charge in [0.05, 0.1) is 17.0 Å². The first-order valence-electron chi connectivity index (χ1n) is 8.13. The van der Waals surface area contributed by atoms with Crippen molar-refractivity contribution in [1.29, 1.82) is 0 Å². The van der Waals surface area contributed by atoms with E-state index in [-0.39, 0.29) is 29.1 Å². The number of phenolic OH excluding ortho intramolecular Hbond substituents is 1. The third-order valence-electron chi connectivity index (χ3n) is 4.04. The number of hydrogen-bond donors (Lipinski definition) is 1. The van der Waals surface area contributed by atoms with E-state index in [9.17, 15) is 19.5 Å². The molecule has 9 heteroatoms. The van der Waals surface area contributed by atoms with Gasteiger partial charge in [0.1, 0.15) is 11.3 Å². The number of nitrogens with zero attached hydrogens (tertiary/aromatic N) is 1. The second-order valence-corrected chi connectivity index (χ2v) is 7.54. The standard InChI is InChI=1S/C17H19Br2NO6/c1-2-25-16(23)10-3-5-20(6-4-10)14(21)9-26-17(24)12-7-11(18)8-13(19)15(12)22/h7-8,10,22H,2-6,9H2,1H3. The summed E-state index contributed by atoms with van der Waals surface area (Å²) in [5, 5.41) is 9.92. The Hall–Kier alpha value is -1.61. The molecule has 0 spiro atoms. The molecule has 1 fully saturated rings. The van der Waals surface area contributed by atoms with Crippen molar-refractivity contribution in [2.24, 2.45) is 5.92 Å². The van der Waals surface area contributed by atoms with Crippen LogP contribution in [0, 0.1) is 5.92 Å². The number of carbonyl (C=O) groups excluding carboxylic acids is 3. The van der Waals surface area contributed by atoms with Crippen molar-refractivity contribution in [1.82, 2.24) is 4.90 Å². The molecule has 1 heterocycles. The van der Waals surface area contributed by atoms with E-state index in [4.69, 9.17) is 9.47 Å². The number of likely N-dealkylation sites (tertiary alicyclic amines) is 1. The highest BCUT2D eigenvalue weighted by atomic mass is 79.9. The van der Waals surface area contributed by atoms with Crippen LogP contribution >= 0.6 is 31.9 Å². The van der Waals surface area contributed by atoms with Crippen LogP contribution in [0.5, 0.6) is 5.75 Å². The maximum absolute atomic E-state index is 12.2. The number of rotatable bonds is 5. The predicted octanol–water partition coefficient (Wildman–Crippen LogP) is 2.88. The quantitative estimate of drug-likeness (QED) is 0.635. The van der Waals surface area contributed by atoms with Crippen molar-refractivity contribution in [3.05, 3.63) is 26.6 Å². The summed E-state index contributed by atoms with van der Waals surface area (Å²) in [5.74, 6) is -1.81. The third-order valence-corrected chi connectivity index (χ3v) is 5.10. The molecule has 0 radical (unpaired) electrons. The summed E-state index contributed by atoms with van der Waals surface area (Å²) in [6, 6.07) is 3.00. The number of phenols is 1. The molecule has 142 valence electrons. The molecule has 26 heavy (non-hydrogen) atoms. The number of piperidine rings is 1. The molecule has 0 unspecified atom stereocenters. The first-order valence-corrected chi connectivity index (χ1v) is 9.71. The zero-order valence-electron chi connectivity index (χ0n) is 14.2. The van der Waals surface area contributed by atoms with Gasteiger partial charge in [0.25, 0.3) is 5.91 Å². The molecule has 1 aliphatic rings. The summed E-state index contributed by atoms with van der Waals surface area (Å²) in [6.07, 6.45) is 1.05. The minimum absolute atomic E-state index is 0.0416. The van der Waals surface area contributed by atoms with Crippen molar-refractivity contribution >= 4 is 49.7 Å². The highest BCUT2D eigenvalue weighted by molar-refractivity contribution is 9.11. The van der Waals surface area contributed by atoms with Crippen LogP contribution in [0.1, 0.15) is 30.1 Å². The molecule has 1 aliphatic heterocycles. The molecule has 1 aromatic rings. The lowest BCUT2D eigenvalue weighted by molar-refractivity contribution is -0.151. The van der Waals surface area contributed by atoms with E-state index in [0.717, 1.165) is 0 Å². The van der Waals surface area contributed by atoms with Crippen LogP contribution in [0.15, 0.2) is 21.1 Å². The fraction of sp³-hybridized carbons (Fsp3) is 0.471. The van der Waals surface area contributed by atoms with E-state index in [2.05, 4.69) is 31.9 Å². The highest BCUT2D eigenvalue weighted by Gasteiger charge is 2.28. The van der Waals surface area contributed by atoms with E-state index >= 15 is 0 Å². The number of esters is 2. The summed E-state index contributed by atoms with van der Waals surface area (Å²) < 4.78 is 10.9. The first kappa shape index (κ1) is 20.7. The lowest BCUT2D eigenvalue weighted by atomic mass is 9.97. The molecular formula is C17H19Br2NO6. The number of carbonyl (C=O) groups is 3. The Bertz CT molecular complexity index is 701. The maximum atomic E-state index is 12.2. The van der Waals surface area contributed by atoms with Crippen molar-refractivity contribution in [2.45, 2.75) is 19.8 Å². The number of benzene rings is 1. The monoisotopic (exact) mass is 491 g/mol. The largest absolute Gasteiger partial charge is 0.506 e. The number of ether oxygens (including phenoxy) is 2. The molecule has 0 aliphatic carbocycles. The van der Waals surface area contributed by atoms with Gasteiger partial charge in [0.2, 0.25) is 0 Å². The fourth-order valence-corrected chi connectivity index (χ4v) is 3.87. The van der Waals surface area contributed by atoms with Crippen molar-refractivity contribution < 1.29 is 29.0 Å². The Balaban J connectivity index is 1.86. The van der Waals surface area contributed by atoms with Gasteiger partial charge in [0, 0.05) is 17.6 Å². The van der Waals surface area contributed by atoms with Crippen LogP contribution in [0.2, 0.25) is 0 Å². The molecule has 0 aromatic heterocycles. The average molecular weight is 493 g/mol. The normalized spacial score (nSPS) is 14.8. The summed E-state index contributed by atoms with van der Waals surface area (Å²) >= 11 is 6.36. The van der Waals surface area contributed by atoms with Crippen LogP contribution in [0.3, 0.4) is 0 Å². The van der Waals surface area contributed by atoms with Crippen LogP contribution in [-0.2, 0) is 19.1 Å². The van der Waals surface area contributed by atoms with Gasteiger partial charge in [-0.3, -0.25) is 9.59 Å². The zero-order valence-corrected chi connectivity index (χ0v) is 17.3. The Labute approximate surface area is 167 Å². The molecule has 2 rings (SSSR count). The van der Waals surface area contributed by atoms with Crippen LogP contribution in [-0.4, -0.2) is 54.2 Å². The van der Waals surface area contributed by atoms with E-state index in [1.165, 1.54) is 6.07 Å². The Morgan fingerprint density at radius 2 is 1.85 bits per heavy atom. The molecule has 1 aromatic carbocycles. The Morgan fingerprint density at radius 3 is 2.46 bits per heavy atom. The third kappa shape index (κ3) is 5.20. The fourth-order valence-electron chi connectivity index (χ4n) is 2.64. The molecule has 7 nitrogen and oxygen atoms in total. The summed E-state index contributed by atoms with van der Waals surface area (Å²) in [5.41, 5.74) is -0.0416. The summed E-state index contributed by atoms with van der Waals surface area (Å²) in [7, 11) is 0. The van der Waals surface area contributed by atoms with Gasteiger partial charge in [-0.2, -0.15) is 0 Å². The summed E-state index contributed by atoms with van der Waals surface area (Å²) in [6.45, 7) is 2.49. The summed E-state index contributed by atoms with van der Waals surface area (Å²) in [4.78, 5) is 37.6. The smallest absolute Gasteiger partial charge is 0.342 e. The first-order chi connectivity index (χ1) is 12.3. The lowest BCUT2D eigenvalue weighted by Crippen LogP contribution is -2.42. The molecular weight excluding hydrogens is 474 g/mol. The topological polar surface area (TPSA) is 93.1 Å². The number of amides is 1. The van der Waals surface area contributed by atoms with Crippen LogP contribution < -0.4 is 0 Å². The van der Waals surface area contributed by atoms with E-state index < -0.39 is 12.6 Å². The zero-order chi connectivity index (χ0) is 19.3. The second-order valence-electron chi connectivity index (χ2n) is 5.77. The van der Waals surface area contributed by atoms with E-state index in [1.54, 1.807) is 17.9 Å². The highest BCUT2D eigenvalue weighted by Crippen LogP contribution is 2.32. The van der Waals surface area contributed by atoms with Gasteiger partial charge in [-0.05, 0) is 47.8 Å². The molecule has 0 atom stereocenters. The minimum Gasteiger partial charge on any atom is -0.506 e. The SMILES string of the molecule is CCOC(=O)C1CCN(C(=O)COC(=O)c2cc(Br)cc(Br)c2O)CC1. The molecule has 0 bridgehead atoms. The predicted molar refractivity (Wildman–Crippen MR) is 99.7 cm³/mol. The molecule has 1 N–H and O–H groups in total. The van der Waals surface area contributed by atoms with Crippen molar-refractivity contribution in [3.63, 3.8) is 0 Å². The van der Waals surface area contributed by atoms with Crippen molar-refractivity contribution in [3.8, 4) is 5.75 Å². The number of hydrogen-bond acceptors (Lipinski definition) is 6. The van der Waals surface area contributed by atoms with Crippen molar-refractivity contribution in [2.75, 3.05) is 26.3 Å². The molecule has 1 saturated heterocycles. The van der Waals surface area contributed by atoms with E-state index in [1.807, 2.05) is 0 Å². The second kappa shape index (κ2) is 9.36. The number of halogens is 2. The van der Waals surface area contributed by atoms with Gasteiger partial charge < -0.3 is 19.5 Å². The van der Waals surface area contributed by atoms with Gasteiger partial charge in [-0.25, -0.2) is 4.79 Å². The Morgan fingerprint density at radius 1 is 1.19 bits per heavy atom. The minimum atomic E-state index is -0.792. The van der Waals surface area contributed by atoms with Gasteiger partial charge in [-0.1, -0.05) is 15.9 Å². The van der Waals surface area contributed by atoms with Crippen LogP contribution in [0.25, 0.3) is 0 Å². The maximum Gasteiger partial charge on any atom is 0.342 e. The van der Waals surface area contributed by atoms with Gasteiger partial charge in [-0.15, -0.1) is 0 Å². The van der Waals surface area contributed by atoms with Gasteiger partial charge in [0.15, 0.2) is 6.61 Å². The molecule has 0 saturated carbocycles.